The molecule has 84 valence electrons. The fraction of sp³-hybridized carbons (Fsp3) is 0.250. The first-order valence-electron chi connectivity index (χ1n) is 5.00. The molecule has 0 spiro atoms. The number of alkyl halides is 2. The van der Waals surface area contributed by atoms with Gasteiger partial charge in [0, 0.05) is 11.4 Å². The van der Waals surface area contributed by atoms with Crippen LogP contribution in [0.3, 0.4) is 0 Å². The van der Waals surface area contributed by atoms with E-state index < -0.39 is 6.67 Å². The molecule has 2 aromatic rings. The van der Waals surface area contributed by atoms with E-state index in [0.29, 0.717) is 0 Å². The minimum absolute atomic E-state index is 0.115. The normalized spacial score (nSPS) is 10.9. The molecule has 0 unspecified atom stereocenters. The number of aromatic nitrogens is 1. The van der Waals surface area contributed by atoms with Crippen molar-refractivity contribution < 1.29 is 4.39 Å². The Bertz CT molecular complexity index is 564. The zero-order chi connectivity index (χ0) is 11.5. The second kappa shape index (κ2) is 4.78. The molecule has 0 aliphatic rings. The van der Waals surface area contributed by atoms with Crippen molar-refractivity contribution in [3.05, 3.63) is 46.2 Å². The average molecular weight is 284 g/mol. The van der Waals surface area contributed by atoms with Crippen LogP contribution in [0.5, 0.6) is 0 Å². The van der Waals surface area contributed by atoms with E-state index in [9.17, 15) is 9.18 Å². The first-order chi connectivity index (χ1) is 7.76. The highest BCUT2D eigenvalue weighted by Gasteiger charge is 2.03. The van der Waals surface area contributed by atoms with Crippen LogP contribution in [-0.4, -0.2) is 11.2 Å². The molecule has 16 heavy (non-hydrogen) atoms. The zero-order valence-electron chi connectivity index (χ0n) is 8.62. The molecule has 2 nitrogen and oxygen atoms in total. The van der Waals surface area contributed by atoms with Crippen LogP contribution in [0.15, 0.2) is 35.1 Å². The molecule has 0 aliphatic heterocycles. The molecule has 0 aliphatic carbocycles. The van der Waals surface area contributed by atoms with Crippen LogP contribution in [0.4, 0.5) is 4.39 Å². The molecular formula is C12H11BrFNO. The van der Waals surface area contributed by atoms with Crippen molar-refractivity contribution in [2.24, 2.45) is 0 Å². The van der Waals surface area contributed by atoms with Crippen molar-refractivity contribution in [1.29, 1.82) is 0 Å². The Kier molecular flexibility index (Phi) is 3.39. The van der Waals surface area contributed by atoms with Gasteiger partial charge in [0.2, 0.25) is 0 Å². The van der Waals surface area contributed by atoms with Crippen LogP contribution < -0.4 is 5.56 Å². The lowest BCUT2D eigenvalue weighted by Crippen LogP contribution is -2.20. The summed E-state index contributed by atoms with van der Waals surface area (Å²) in [6.45, 7) is -0.414. The summed E-state index contributed by atoms with van der Waals surface area (Å²) < 4.78 is 13.8. The Morgan fingerprint density at radius 1 is 1.25 bits per heavy atom. The summed E-state index contributed by atoms with van der Waals surface area (Å²) >= 11 is 3.38. The van der Waals surface area contributed by atoms with E-state index >= 15 is 0 Å². The van der Waals surface area contributed by atoms with Gasteiger partial charge in [0.05, 0.1) is 12.1 Å². The number of nitrogens with zero attached hydrogens (tertiary/aromatic N) is 1. The lowest BCUT2D eigenvalue weighted by Gasteiger charge is -2.08. The monoisotopic (exact) mass is 283 g/mol. The summed E-state index contributed by atoms with van der Waals surface area (Å²) in [5.74, 6) is 0. The van der Waals surface area contributed by atoms with Crippen molar-refractivity contribution >= 4 is 26.8 Å². The van der Waals surface area contributed by atoms with E-state index in [-0.39, 0.29) is 12.1 Å². The first kappa shape index (κ1) is 11.3. The number of hydrogen-bond acceptors (Lipinski definition) is 1. The van der Waals surface area contributed by atoms with Gasteiger partial charge in [0.25, 0.3) is 5.56 Å². The Hall–Kier alpha value is -1.16. The predicted molar refractivity (Wildman–Crippen MR) is 66.8 cm³/mol. The average Bonchev–Trinajstić information content (AvgIpc) is 2.32. The summed E-state index contributed by atoms with van der Waals surface area (Å²) in [5, 5.41) is 1.73. The number of halogens is 2. The van der Waals surface area contributed by atoms with Crippen molar-refractivity contribution in [2.75, 3.05) is 6.67 Å². The number of aryl methyl sites for hydroxylation is 1. The molecule has 0 N–H and O–H groups in total. The molecule has 0 radical (unpaired) electrons. The summed E-state index contributed by atoms with van der Waals surface area (Å²) in [6, 6.07) is 9.06. The predicted octanol–water partition coefficient (Wildman–Crippen LogP) is 2.87. The number of benzene rings is 1. The van der Waals surface area contributed by atoms with E-state index in [1.807, 2.05) is 18.2 Å². The van der Waals surface area contributed by atoms with Gasteiger partial charge in [-0.15, -0.1) is 0 Å². The topological polar surface area (TPSA) is 22.0 Å². The van der Waals surface area contributed by atoms with Crippen LogP contribution in [0.25, 0.3) is 10.9 Å². The molecule has 4 heteroatoms. The van der Waals surface area contributed by atoms with Crippen LogP contribution in [0.1, 0.15) is 5.56 Å². The van der Waals surface area contributed by atoms with Gasteiger partial charge in [-0.05, 0) is 29.1 Å². The van der Waals surface area contributed by atoms with Gasteiger partial charge in [-0.25, -0.2) is 4.39 Å². The van der Waals surface area contributed by atoms with E-state index in [1.54, 1.807) is 6.07 Å². The maximum Gasteiger partial charge on any atom is 0.251 e. The smallest absolute Gasteiger partial charge is 0.251 e. The maximum absolute atomic E-state index is 12.4. The summed E-state index contributed by atoms with van der Waals surface area (Å²) in [6.07, 6.45) is 0. The second-order valence-corrected chi connectivity index (χ2v) is 4.10. The van der Waals surface area contributed by atoms with Gasteiger partial charge in [-0.3, -0.25) is 4.79 Å². The quantitative estimate of drug-likeness (QED) is 0.794. The Morgan fingerprint density at radius 3 is 2.75 bits per heavy atom. The van der Waals surface area contributed by atoms with Gasteiger partial charge in [0.15, 0.2) is 0 Å². The summed E-state index contributed by atoms with van der Waals surface area (Å²) in [4.78, 5) is 11.6. The minimum Gasteiger partial charge on any atom is -0.306 e. The fourth-order valence-electron chi connectivity index (χ4n) is 1.75. The zero-order valence-corrected chi connectivity index (χ0v) is 10.2. The second-order valence-electron chi connectivity index (χ2n) is 3.54. The van der Waals surface area contributed by atoms with Crippen LogP contribution in [0, 0.1) is 0 Å². The molecule has 1 aromatic heterocycles. The summed E-state index contributed by atoms with van der Waals surface area (Å²) in [7, 11) is 0. The van der Waals surface area contributed by atoms with E-state index in [1.165, 1.54) is 10.6 Å². The van der Waals surface area contributed by atoms with Crippen LogP contribution in [-0.2, 0) is 11.9 Å². The molecule has 2 rings (SSSR count). The molecular weight excluding hydrogens is 273 g/mol. The molecule has 0 fully saturated rings. The highest BCUT2D eigenvalue weighted by Crippen LogP contribution is 2.16. The van der Waals surface area contributed by atoms with E-state index in [2.05, 4.69) is 15.9 Å². The standard InChI is InChI=1S/C12H11BrFNO/c13-8-9-1-3-11-10(7-9)2-4-12(16)15(11)6-5-14/h1-4,7H,5-6,8H2. The Balaban J connectivity index is 2.68. The van der Waals surface area contributed by atoms with Gasteiger partial charge in [-0.2, -0.15) is 0 Å². The van der Waals surface area contributed by atoms with Gasteiger partial charge in [0.1, 0.15) is 6.67 Å². The van der Waals surface area contributed by atoms with Crippen molar-refractivity contribution in [2.45, 2.75) is 11.9 Å². The van der Waals surface area contributed by atoms with Gasteiger partial charge >= 0.3 is 0 Å². The van der Waals surface area contributed by atoms with Crippen molar-refractivity contribution in [1.82, 2.24) is 4.57 Å². The largest absolute Gasteiger partial charge is 0.306 e. The van der Waals surface area contributed by atoms with E-state index in [4.69, 9.17) is 0 Å². The van der Waals surface area contributed by atoms with Crippen LogP contribution in [0.2, 0.25) is 0 Å². The SMILES string of the molecule is O=c1ccc2cc(CBr)ccc2n1CCF. The third-order valence-electron chi connectivity index (χ3n) is 2.52. The third-order valence-corrected chi connectivity index (χ3v) is 3.16. The Labute approximate surface area is 101 Å². The lowest BCUT2D eigenvalue weighted by atomic mass is 10.1. The van der Waals surface area contributed by atoms with Gasteiger partial charge < -0.3 is 4.57 Å². The number of hydrogen-bond donors (Lipinski definition) is 0. The first-order valence-corrected chi connectivity index (χ1v) is 6.13. The van der Waals surface area contributed by atoms with E-state index in [0.717, 1.165) is 21.8 Å². The third kappa shape index (κ3) is 2.02. The van der Waals surface area contributed by atoms with Crippen molar-refractivity contribution in [3.63, 3.8) is 0 Å². The van der Waals surface area contributed by atoms with Gasteiger partial charge in [-0.1, -0.05) is 22.0 Å². The van der Waals surface area contributed by atoms with Crippen molar-refractivity contribution in [3.8, 4) is 0 Å². The van der Waals surface area contributed by atoms with Crippen LogP contribution >= 0.6 is 15.9 Å². The molecule has 0 atom stereocenters. The fourth-order valence-corrected chi connectivity index (χ4v) is 2.10. The molecule has 0 saturated carbocycles. The highest BCUT2D eigenvalue weighted by molar-refractivity contribution is 9.08. The number of rotatable bonds is 3. The molecule has 0 amide bonds. The maximum atomic E-state index is 12.4. The number of pyridine rings is 1. The lowest BCUT2D eigenvalue weighted by molar-refractivity contribution is 0.446. The molecule has 0 bridgehead atoms. The number of fused-ring (bicyclic) bond motifs is 1. The molecule has 0 saturated heterocycles. The minimum atomic E-state index is -0.529. The highest BCUT2D eigenvalue weighted by atomic mass is 79.9. The summed E-state index contributed by atoms with van der Waals surface area (Å²) in [5.41, 5.74) is 1.77. The molecule has 1 aromatic carbocycles. The molecule has 1 heterocycles. The Morgan fingerprint density at radius 2 is 2.06 bits per heavy atom.